The Balaban J connectivity index is 2.28. The molecule has 3 atom stereocenters. The second-order valence-electron chi connectivity index (χ2n) is 4.25. The zero-order chi connectivity index (χ0) is 7.41. The van der Waals surface area contributed by atoms with Gasteiger partial charge in [0, 0.05) is 5.41 Å². The highest BCUT2D eigenvalue weighted by atomic mass is 16.6. The van der Waals surface area contributed by atoms with Gasteiger partial charge in [-0.3, -0.25) is 0 Å². The molecule has 2 heteroatoms. The van der Waals surface area contributed by atoms with Gasteiger partial charge in [0.05, 0.1) is 5.60 Å². The molecule has 2 nitrogen and oxygen atoms in total. The number of ether oxygens (including phenoxy) is 1. The molecule has 58 valence electrons. The van der Waals surface area contributed by atoms with Gasteiger partial charge < -0.3 is 9.84 Å². The smallest absolute Gasteiger partial charge is 0.160 e. The highest BCUT2D eigenvalue weighted by Crippen LogP contribution is 2.55. The van der Waals surface area contributed by atoms with Crippen molar-refractivity contribution in [3.05, 3.63) is 0 Å². The lowest BCUT2D eigenvalue weighted by molar-refractivity contribution is -0.184. The number of rotatable bonds is 0. The summed E-state index contributed by atoms with van der Waals surface area (Å²) in [4.78, 5) is 0. The van der Waals surface area contributed by atoms with Crippen molar-refractivity contribution in [1.82, 2.24) is 0 Å². The van der Waals surface area contributed by atoms with Crippen LogP contribution in [-0.2, 0) is 4.74 Å². The first kappa shape index (κ1) is 6.62. The Morgan fingerprint density at radius 1 is 1.40 bits per heavy atom. The molecule has 1 aliphatic heterocycles. The minimum atomic E-state index is -0.508. The summed E-state index contributed by atoms with van der Waals surface area (Å²) in [7, 11) is 0. The topological polar surface area (TPSA) is 29.5 Å². The third-order valence-corrected chi connectivity index (χ3v) is 3.00. The summed E-state index contributed by atoms with van der Waals surface area (Å²) in [6.07, 6.45) is 2.75. The Hall–Kier alpha value is -0.0800. The van der Waals surface area contributed by atoms with E-state index in [1.165, 1.54) is 0 Å². The maximum absolute atomic E-state index is 9.42. The minimum Gasteiger partial charge on any atom is -0.367 e. The standard InChI is InChI=1S/C8H14O2/c1-7-3-4-8(2,5-7)10-6(7)9/h6,9H,3-5H2,1-2H3. The van der Waals surface area contributed by atoms with Crippen LogP contribution in [0.15, 0.2) is 0 Å². The van der Waals surface area contributed by atoms with Crippen LogP contribution < -0.4 is 0 Å². The van der Waals surface area contributed by atoms with E-state index in [4.69, 9.17) is 4.74 Å². The number of fused-ring (bicyclic) bond motifs is 2. The molecule has 0 spiro atoms. The average molecular weight is 142 g/mol. The van der Waals surface area contributed by atoms with Gasteiger partial charge in [-0.25, -0.2) is 0 Å². The van der Waals surface area contributed by atoms with E-state index in [9.17, 15) is 5.11 Å². The molecule has 10 heavy (non-hydrogen) atoms. The molecule has 0 radical (unpaired) electrons. The number of hydrogen-bond donors (Lipinski definition) is 1. The number of aliphatic hydroxyl groups is 1. The third kappa shape index (κ3) is 0.663. The predicted octanol–water partition coefficient (Wildman–Crippen LogP) is 1.28. The fraction of sp³-hybridized carbons (Fsp3) is 1.00. The fourth-order valence-electron chi connectivity index (χ4n) is 2.30. The maximum atomic E-state index is 9.42. The van der Waals surface area contributed by atoms with Crippen LogP contribution in [0.2, 0.25) is 0 Å². The van der Waals surface area contributed by atoms with E-state index in [-0.39, 0.29) is 11.0 Å². The summed E-state index contributed by atoms with van der Waals surface area (Å²) in [5.41, 5.74) is 0.0584. The Morgan fingerprint density at radius 2 is 2.10 bits per heavy atom. The van der Waals surface area contributed by atoms with Crippen molar-refractivity contribution >= 4 is 0 Å². The zero-order valence-corrected chi connectivity index (χ0v) is 6.55. The van der Waals surface area contributed by atoms with E-state index in [0.29, 0.717) is 0 Å². The Kier molecular flexibility index (Phi) is 1.03. The van der Waals surface area contributed by atoms with Crippen LogP contribution in [0.5, 0.6) is 0 Å². The van der Waals surface area contributed by atoms with Gasteiger partial charge in [0.2, 0.25) is 0 Å². The van der Waals surface area contributed by atoms with Crippen molar-refractivity contribution in [3.63, 3.8) is 0 Å². The first-order chi connectivity index (χ1) is 4.54. The lowest BCUT2D eigenvalue weighted by atomic mass is 9.89. The van der Waals surface area contributed by atoms with E-state index < -0.39 is 6.29 Å². The first-order valence-corrected chi connectivity index (χ1v) is 3.90. The summed E-state index contributed by atoms with van der Waals surface area (Å²) in [5, 5.41) is 9.42. The Labute approximate surface area is 61.2 Å². The van der Waals surface area contributed by atoms with E-state index in [1.54, 1.807) is 0 Å². The van der Waals surface area contributed by atoms with Crippen molar-refractivity contribution in [2.24, 2.45) is 5.41 Å². The van der Waals surface area contributed by atoms with Gasteiger partial charge in [-0.05, 0) is 26.2 Å². The van der Waals surface area contributed by atoms with Gasteiger partial charge in [0.1, 0.15) is 0 Å². The lowest BCUT2D eigenvalue weighted by Crippen LogP contribution is -2.31. The van der Waals surface area contributed by atoms with E-state index >= 15 is 0 Å². The molecular weight excluding hydrogens is 128 g/mol. The molecule has 1 heterocycles. The van der Waals surface area contributed by atoms with Crippen molar-refractivity contribution in [1.29, 1.82) is 0 Å². The van der Waals surface area contributed by atoms with Crippen molar-refractivity contribution in [2.45, 2.75) is 45.0 Å². The van der Waals surface area contributed by atoms with E-state index in [2.05, 4.69) is 13.8 Å². The molecule has 1 saturated heterocycles. The van der Waals surface area contributed by atoms with Crippen LogP contribution in [0, 0.1) is 5.41 Å². The second kappa shape index (κ2) is 1.56. The van der Waals surface area contributed by atoms with Crippen LogP contribution in [0.1, 0.15) is 33.1 Å². The predicted molar refractivity (Wildman–Crippen MR) is 37.5 cm³/mol. The van der Waals surface area contributed by atoms with E-state index in [1.807, 2.05) is 0 Å². The van der Waals surface area contributed by atoms with Crippen LogP contribution in [0.3, 0.4) is 0 Å². The molecule has 1 saturated carbocycles. The van der Waals surface area contributed by atoms with Crippen molar-refractivity contribution in [3.8, 4) is 0 Å². The molecule has 2 rings (SSSR count). The zero-order valence-electron chi connectivity index (χ0n) is 6.55. The molecule has 1 N–H and O–H groups in total. The molecule has 2 aliphatic rings. The molecule has 2 bridgehead atoms. The van der Waals surface area contributed by atoms with E-state index in [0.717, 1.165) is 19.3 Å². The third-order valence-electron chi connectivity index (χ3n) is 3.00. The quantitative estimate of drug-likeness (QED) is 0.552. The Bertz CT molecular complexity index is 169. The molecule has 0 amide bonds. The summed E-state index contributed by atoms with van der Waals surface area (Å²) in [6.45, 7) is 4.20. The highest BCUT2D eigenvalue weighted by Gasteiger charge is 2.56. The van der Waals surface area contributed by atoms with Gasteiger partial charge in [-0.1, -0.05) is 6.92 Å². The number of aliphatic hydroxyl groups excluding tert-OH is 1. The molecule has 0 aromatic heterocycles. The summed E-state index contributed by atoms with van der Waals surface area (Å²) in [5.74, 6) is 0. The highest BCUT2D eigenvalue weighted by molar-refractivity contribution is 5.02. The van der Waals surface area contributed by atoms with Crippen LogP contribution in [-0.4, -0.2) is 17.0 Å². The first-order valence-electron chi connectivity index (χ1n) is 3.90. The van der Waals surface area contributed by atoms with Gasteiger partial charge in [0.15, 0.2) is 6.29 Å². The summed E-state index contributed by atoms with van der Waals surface area (Å²) in [6, 6.07) is 0. The largest absolute Gasteiger partial charge is 0.367 e. The fourth-order valence-corrected chi connectivity index (χ4v) is 2.30. The molecule has 3 unspecified atom stereocenters. The van der Waals surface area contributed by atoms with Crippen LogP contribution >= 0.6 is 0 Å². The molecule has 1 aliphatic carbocycles. The van der Waals surface area contributed by atoms with Gasteiger partial charge >= 0.3 is 0 Å². The van der Waals surface area contributed by atoms with Gasteiger partial charge in [-0.2, -0.15) is 0 Å². The monoisotopic (exact) mass is 142 g/mol. The summed E-state index contributed by atoms with van der Waals surface area (Å²) < 4.78 is 5.41. The molecule has 2 fully saturated rings. The average Bonchev–Trinajstić information content (AvgIpc) is 2.17. The Morgan fingerprint density at radius 3 is 2.30 bits per heavy atom. The van der Waals surface area contributed by atoms with Crippen molar-refractivity contribution < 1.29 is 9.84 Å². The maximum Gasteiger partial charge on any atom is 0.160 e. The number of hydrogen-bond acceptors (Lipinski definition) is 2. The minimum absolute atomic E-state index is 0.00579. The normalized spacial score (nSPS) is 59.7. The van der Waals surface area contributed by atoms with Crippen LogP contribution in [0.4, 0.5) is 0 Å². The van der Waals surface area contributed by atoms with Gasteiger partial charge in [0.25, 0.3) is 0 Å². The van der Waals surface area contributed by atoms with Gasteiger partial charge in [-0.15, -0.1) is 0 Å². The molecule has 0 aromatic rings. The molecule has 0 aromatic carbocycles. The van der Waals surface area contributed by atoms with Crippen molar-refractivity contribution in [2.75, 3.05) is 0 Å². The molecular formula is C8H14O2. The second-order valence-corrected chi connectivity index (χ2v) is 4.25. The van der Waals surface area contributed by atoms with Crippen LogP contribution in [0.25, 0.3) is 0 Å². The lowest BCUT2D eigenvalue weighted by Gasteiger charge is -2.28. The summed E-state index contributed by atoms with van der Waals surface area (Å²) >= 11 is 0. The SMILES string of the molecule is CC12CCC(C)(C1)C(O)O2.